The zero-order chi connectivity index (χ0) is 26.4. The van der Waals surface area contributed by atoms with Gasteiger partial charge in [0, 0.05) is 19.1 Å². The van der Waals surface area contributed by atoms with Crippen molar-refractivity contribution in [2.24, 2.45) is 0 Å². The predicted molar refractivity (Wildman–Crippen MR) is 130 cm³/mol. The molecular formula is C28H25F4N3O2. The van der Waals surface area contributed by atoms with Gasteiger partial charge in [0.05, 0.1) is 12.1 Å². The Morgan fingerprint density at radius 1 is 0.973 bits per heavy atom. The van der Waals surface area contributed by atoms with Gasteiger partial charge in [0.2, 0.25) is 5.89 Å². The first-order valence-corrected chi connectivity index (χ1v) is 11.6. The van der Waals surface area contributed by atoms with Crippen LogP contribution in [0.25, 0.3) is 0 Å². The summed E-state index contributed by atoms with van der Waals surface area (Å²) in [5, 5.41) is 2.71. The van der Waals surface area contributed by atoms with Crippen molar-refractivity contribution < 1.29 is 26.8 Å². The van der Waals surface area contributed by atoms with Crippen LogP contribution in [0.2, 0.25) is 0 Å². The molecule has 0 fully saturated rings. The number of amides is 1. The van der Waals surface area contributed by atoms with Crippen molar-refractivity contribution >= 4 is 5.91 Å². The van der Waals surface area contributed by atoms with Gasteiger partial charge in [0.1, 0.15) is 12.1 Å². The molecule has 1 unspecified atom stereocenters. The maximum absolute atomic E-state index is 13.2. The fourth-order valence-corrected chi connectivity index (χ4v) is 3.89. The number of nitrogens with one attached hydrogen (secondary N) is 1. The number of benzene rings is 3. The largest absolute Gasteiger partial charge is 0.447 e. The molecule has 0 aliphatic heterocycles. The molecule has 0 saturated heterocycles. The van der Waals surface area contributed by atoms with Gasteiger partial charge in [-0.05, 0) is 41.8 Å². The lowest BCUT2D eigenvalue weighted by Crippen LogP contribution is -2.27. The molecule has 9 heteroatoms. The molecule has 0 saturated carbocycles. The zero-order valence-corrected chi connectivity index (χ0v) is 20.0. The van der Waals surface area contributed by atoms with Crippen LogP contribution in [0.5, 0.6) is 0 Å². The highest BCUT2D eigenvalue weighted by atomic mass is 19.4. The third-order valence-electron chi connectivity index (χ3n) is 5.96. The molecule has 4 aromatic rings. The number of halogens is 4. The number of oxazole rings is 1. The van der Waals surface area contributed by atoms with Gasteiger partial charge in [0.25, 0.3) is 5.91 Å². The summed E-state index contributed by atoms with van der Waals surface area (Å²) in [6.07, 6.45) is -3.20. The smallest absolute Gasteiger partial charge is 0.416 e. The summed E-state index contributed by atoms with van der Waals surface area (Å²) in [4.78, 5) is 18.8. The maximum atomic E-state index is 13.2. The van der Waals surface area contributed by atoms with Gasteiger partial charge in [-0.3, -0.25) is 9.69 Å². The van der Waals surface area contributed by atoms with E-state index in [0.29, 0.717) is 5.56 Å². The third-order valence-corrected chi connectivity index (χ3v) is 5.96. The van der Waals surface area contributed by atoms with Crippen molar-refractivity contribution in [3.63, 3.8) is 0 Å². The van der Waals surface area contributed by atoms with Crippen LogP contribution in [0.15, 0.2) is 89.5 Å². The highest BCUT2D eigenvalue weighted by molar-refractivity contribution is 5.91. The number of carbonyl (C=O) groups is 1. The van der Waals surface area contributed by atoms with E-state index in [1.165, 1.54) is 24.5 Å². The number of hydrogen-bond acceptors (Lipinski definition) is 4. The van der Waals surface area contributed by atoms with Gasteiger partial charge < -0.3 is 9.73 Å². The number of rotatable bonds is 9. The van der Waals surface area contributed by atoms with Gasteiger partial charge in [-0.1, -0.05) is 60.7 Å². The van der Waals surface area contributed by atoms with Gasteiger partial charge in [0.15, 0.2) is 5.69 Å². The average molecular weight is 512 g/mol. The van der Waals surface area contributed by atoms with Gasteiger partial charge in [-0.2, -0.15) is 13.2 Å². The molecule has 0 aliphatic carbocycles. The minimum absolute atomic E-state index is 0.0727. The van der Waals surface area contributed by atoms with Crippen LogP contribution in [-0.4, -0.2) is 15.8 Å². The lowest BCUT2D eigenvalue weighted by Gasteiger charge is -2.28. The van der Waals surface area contributed by atoms with E-state index in [4.69, 9.17) is 4.42 Å². The van der Waals surface area contributed by atoms with Crippen molar-refractivity contribution in [1.82, 2.24) is 15.2 Å². The van der Waals surface area contributed by atoms with Crippen molar-refractivity contribution in [3.8, 4) is 0 Å². The van der Waals surface area contributed by atoms with E-state index in [2.05, 4.69) is 10.3 Å². The number of carbonyl (C=O) groups excluding carboxylic acids is 1. The highest BCUT2D eigenvalue weighted by Gasteiger charge is 2.30. The van der Waals surface area contributed by atoms with E-state index in [9.17, 15) is 22.4 Å². The first-order chi connectivity index (χ1) is 17.7. The Kier molecular flexibility index (Phi) is 8.03. The Morgan fingerprint density at radius 2 is 1.70 bits per heavy atom. The molecular weight excluding hydrogens is 486 g/mol. The molecule has 1 amide bonds. The molecule has 3 aromatic carbocycles. The third kappa shape index (κ3) is 7.04. The van der Waals surface area contributed by atoms with Crippen molar-refractivity contribution in [2.75, 3.05) is 0 Å². The molecule has 0 bridgehead atoms. The minimum atomic E-state index is -4.44. The molecule has 4 rings (SSSR count). The minimum Gasteiger partial charge on any atom is -0.447 e. The lowest BCUT2D eigenvalue weighted by molar-refractivity contribution is -0.137. The topological polar surface area (TPSA) is 58.4 Å². The molecule has 0 radical (unpaired) electrons. The molecule has 1 heterocycles. The van der Waals surface area contributed by atoms with E-state index in [1.807, 2.05) is 42.2 Å². The fourth-order valence-electron chi connectivity index (χ4n) is 3.89. The summed E-state index contributed by atoms with van der Waals surface area (Å²) in [5.41, 5.74) is 1.54. The molecule has 1 atom stereocenters. The van der Waals surface area contributed by atoms with Gasteiger partial charge >= 0.3 is 6.18 Å². The van der Waals surface area contributed by atoms with Gasteiger partial charge in [-0.15, -0.1) is 0 Å². The summed E-state index contributed by atoms with van der Waals surface area (Å²) in [5.74, 6) is -0.572. The van der Waals surface area contributed by atoms with Crippen LogP contribution in [0, 0.1) is 5.82 Å². The second-order valence-electron chi connectivity index (χ2n) is 8.63. The van der Waals surface area contributed by atoms with Crippen molar-refractivity contribution in [2.45, 2.75) is 38.8 Å². The molecule has 1 aromatic heterocycles. The van der Waals surface area contributed by atoms with Crippen LogP contribution in [0.1, 0.15) is 51.6 Å². The van der Waals surface area contributed by atoms with Crippen LogP contribution in [0.3, 0.4) is 0 Å². The summed E-state index contributed by atoms with van der Waals surface area (Å²) < 4.78 is 58.4. The first-order valence-electron chi connectivity index (χ1n) is 11.6. The highest BCUT2D eigenvalue weighted by Crippen LogP contribution is 2.31. The summed E-state index contributed by atoms with van der Waals surface area (Å²) >= 11 is 0. The van der Waals surface area contributed by atoms with Crippen LogP contribution in [0.4, 0.5) is 17.6 Å². The number of nitrogens with zero attached hydrogens (tertiary/aromatic N) is 2. The SMILES string of the molecule is CC(c1ccccc1)N(Cc1cccc(C(F)(F)F)c1)Cc1nc(C(=O)NCc2ccc(F)cc2)co1. The van der Waals surface area contributed by atoms with E-state index in [1.54, 1.807) is 18.2 Å². The van der Waals surface area contributed by atoms with E-state index in [-0.39, 0.29) is 43.1 Å². The molecule has 1 N–H and O–H groups in total. The standard InChI is InChI=1S/C28H25F4N3O2/c1-19(22-7-3-2-4-8-22)35(16-21-6-5-9-23(14-21)28(30,31)32)17-26-34-25(18-37-26)27(36)33-15-20-10-12-24(29)13-11-20/h2-14,18-19H,15-17H2,1H3,(H,33,36). The Labute approximate surface area is 211 Å². The van der Waals surface area contributed by atoms with Crippen molar-refractivity contribution in [1.29, 1.82) is 0 Å². The molecule has 192 valence electrons. The maximum Gasteiger partial charge on any atom is 0.416 e. The number of alkyl halides is 3. The Bertz CT molecular complexity index is 1320. The number of hydrogen-bond donors (Lipinski definition) is 1. The van der Waals surface area contributed by atoms with Crippen LogP contribution in [-0.2, 0) is 25.8 Å². The molecule has 0 spiro atoms. The Hall–Kier alpha value is -3.98. The second-order valence-corrected chi connectivity index (χ2v) is 8.63. The lowest BCUT2D eigenvalue weighted by atomic mass is 10.0. The summed E-state index contributed by atoms with van der Waals surface area (Å²) in [6, 6.07) is 20.3. The average Bonchev–Trinajstić information content (AvgIpc) is 3.36. The van der Waals surface area contributed by atoms with E-state index < -0.39 is 17.6 Å². The predicted octanol–water partition coefficient (Wildman–Crippen LogP) is 6.53. The Morgan fingerprint density at radius 3 is 2.41 bits per heavy atom. The summed E-state index contributed by atoms with van der Waals surface area (Å²) in [6.45, 7) is 2.50. The van der Waals surface area contributed by atoms with Crippen LogP contribution >= 0.6 is 0 Å². The normalized spacial score (nSPS) is 12.5. The summed E-state index contributed by atoms with van der Waals surface area (Å²) in [7, 11) is 0. The zero-order valence-electron chi connectivity index (χ0n) is 20.0. The van der Waals surface area contributed by atoms with E-state index in [0.717, 1.165) is 23.3 Å². The first kappa shape index (κ1) is 26.1. The van der Waals surface area contributed by atoms with Crippen molar-refractivity contribution in [3.05, 3.63) is 125 Å². The molecule has 37 heavy (non-hydrogen) atoms. The quantitative estimate of drug-likeness (QED) is 0.260. The molecule has 0 aliphatic rings. The number of aromatic nitrogens is 1. The van der Waals surface area contributed by atoms with Crippen LogP contribution < -0.4 is 5.32 Å². The van der Waals surface area contributed by atoms with E-state index >= 15 is 0 Å². The van der Waals surface area contributed by atoms with Gasteiger partial charge in [-0.25, -0.2) is 9.37 Å². The molecule has 5 nitrogen and oxygen atoms in total. The second kappa shape index (κ2) is 11.4. The fraction of sp³-hybridized carbons (Fsp3) is 0.214. The Balaban J connectivity index is 1.49. The monoisotopic (exact) mass is 511 g/mol.